The molecule has 1 amide bonds. The van der Waals surface area contributed by atoms with E-state index in [4.69, 9.17) is 4.98 Å². The summed E-state index contributed by atoms with van der Waals surface area (Å²) in [4.78, 5) is 38.4. The van der Waals surface area contributed by atoms with Gasteiger partial charge in [0.1, 0.15) is 11.4 Å². The Morgan fingerprint density at radius 3 is 2.41 bits per heavy atom. The van der Waals surface area contributed by atoms with Crippen molar-refractivity contribution in [1.29, 1.82) is 0 Å². The van der Waals surface area contributed by atoms with Crippen LogP contribution in [-0.2, 0) is 11.3 Å². The SMILES string of the molecule is Cc1nc(C)c(-c2ccc3cc(-c4c(-c5ccccc5)c5sc(C(=O)O)cc5n4CC(=O)N4CCC(O)CC4)ccc3n2)s1. The number of carbonyl (C=O) groups is 2. The summed E-state index contributed by atoms with van der Waals surface area (Å²) in [6, 6.07) is 21.8. The van der Waals surface area contributed by atoms with Crippen LogP contribution in [0.15, 0.2) is 66.7 Å². The van der Waals surface area contributed by atoms with E-state index >= 15 is 0 Å². The first kappa shape index (κ1) is 28.4. The topological polar surface area (TPSA) is 109 Å². The number of carboxylic acids is 1. The van der Waals surface area contributed by atoms with E-state index in [9.17, 15) is 19.8 Å². The number of benzene rings is 2. The van der Waals surface area contributed by atoms with E-state index in [2.05, 4.69) is 17.1 Å². The highest BCUT2D eigenvalue weighted by Gasteiger charge is 2.28. The number of hydrogen-bond donors (Lipinski definition) is 2. The fraction of sp³-hybridized carbons (Fsp3) is 0.235. The van der Waals surface area contributed by atoms with E-state index in [1.807, 2.05) is 66.9 Å². The van der Waals surface area contributed by atoms with Crippen LogP contribution in [0.1, 0.15) is 33.2 Å². The molecule has 0 radical (unpaired) electrons. The molecule has 1 aliphatic rings. The zero-order valence-corrected chi connectivity index (χ0v) is 25.9. The number of hydrogen-bond acceptors (Lipinski definition) is 7. The first-order chi connectivity index (χ1) is 21.3. The smallest absolute Gasteiger partial charge is 0.345 e. The molecule has 6 aromatic rings. The average molecular weight is 623 g/mol. The fourth-order valence-corrected chi connectivity index (χ4v) is 8.04. The number of aliphatic hydroxyl groups is 1. The van der Waals surface area contributed by atoms with Crippen LogP contribution in [0.4, 0.5) is 0 Å². The molecule has 1 saturated heterocycles. The summed E-state index contributed by atoms with van der Waals surface area (Å²) in [6.07, 6.45) is 0.719. The van der Waals surface area contributed by atoms with Crippen molar-refractivity contribution in [3.63, 3.8) is 0 Å². The molecule has 44 heavy (non-hydrogen) atoms. The van der Waals surface area contributed by atoms with Gasteiger partial charge in [-0.05, 0) is 62.1 Å². The quantitative estimate of drug-likeness (QED) is 0.207. The van der Waals surface area contributed by atoms with Crippen LogP contribution in [0.25, 0.3) is 54.1 Å². The molecule has 10 heteroatoms. The number of piperidine rings is 1. The number of rotatable bonds is 6. The zero-order valence-electron chi connectivity index (χ0n) is 24.3. The summed E-state index contributed by atoms with van der Waals surface area (Å²) in [5.74, 6) is -1.05. The number of pyridine rings is 1. The van der Waals surface area contributed by atoms with Gasteiger partial charge in [0.05, 0.1) is 48.8 Å². The van der Waals surface area contributed by atoms with E-state index in [0.717, 1.165) is 64.8 Å². The summed E-state index contributed by atoms with van der Waals surface area (Å²) in [7, 11) is 0. The molecule has 2 N–H and O–H groups in total. The highest BCUT2D eigenvalue weighted by atomic mass is 32.1. The van der Waals surface area contributed by atoms with Gasteiger partial charge in [-0.3, -0.25) is 4.79 Å². The van der Waals surface area contributed by atoms with Crippen LogP contribution < -0.4 is 0 Å². The molecule has 8 nitrogen and oxygen atoms in total. The minimum atomic E-state index is -0.992. The van der Waals surface area contributed by atoms with Crippen molar-refractivity contribution in [2.45, 2.75) is 39.3 Å². The van der Waals surface area contributed by atoms with E-state index in [-0.39, 0.29) is 23.4 Å². The third-order valence-electron chi connectivity index (χ3n) is 8.22. The van der Waals surface area contributed by atoms with Crippen molar-refractivity contribution in [2.75, 3.05) is 13.1 Å². The number of thiazole rings is 1. The number of carboxylic acid groups (broad SMARTS) is 1. The lowest BCUT2D eigenvalue weighted by Gasteiger charge is -2.30. The minimum absolute atomic E-state index is 0.0555. The number of carbonyl (C=O) groups excluding carboxylic acids is 1. The van der Waals surface area contributed by atoms with Crippen molar-refractivity contribution in [2.24, 2.45) is 0 Å². The molecular formula is C34H30N4O4S2. The number of nitrogens with zero attached hydrogens (tertiary/aromatic N) is 4. The highest BCUT2D eigenvalue weighted by Crippen LogP contribution is 2.45. The van der Waals surface area contributed by atoms with Gasteiger partial charge in [-0.15, -0.1) is 22.7 Å². The van der Waals surface area contributed by atoms with E-state index in [1.54, 1.807) is 22.3 Å². The van der Waals surface area contributed by atoms with Gasteiger partial charge >= 0.3 is 5.97 Å². The number of thiophene rings is 1. The maximum atomic E-state index is 13.7. The van der Waals surface area contributed by atoms with Gasteiger partial charge in [0, 0.05) is 24.0 Å². The molecule has 222 valence electrons. The standard InChI is InChI=1S/C34H30N4O4S2/c1-19-32(43-20(2)35-19)26-11-8-22-16-23(9-10-25(22)36-26)31-30(21-6-4-3-5-7-21)33-27(17-28(44-33)34(41)42)38(31)18-29(40)37-14-12-24(39)13-15-37/h3-11,16-17,24,39H,12-15,18H2,1-2H3,(H,41,42). The van der Waals surface area contributed by atoms with Crippen molar-refractivity contribution in [3.05, 3.63) is 82.3 Å². The summed E-state index contributed by atoms with van der Waals surface area (Å²) in [5, 5.41) is 21.8. The molecule has 0 unspecified atom stereocenters. The van der Waals surface area contributed by atoms with Crippen molar-refractivity contribution < 1.29 is 19.8 Å². The molecular weight excluding hydrogens is 593 g/mol. The molecule has 1 fully saturated rings. The second kappa shape index (κ2) is 11.3. The molecule has 0 aliphatic carbocycles. The van der Waals surface area contributed by atoms with Gasteiger partial charge in [0.25, 0.3) is 0 Å². The summed E-state index contributed by atoms with van der Waals surface area (Å²) in [5.41, 5.74) is 7.06. The third kappa shape index (κ3) is 5.08. The van der Waals surface area contributed by atoms with Gasteiger partial charge in [-0.1, -0.05) is 42.5 Å². The van der Waals surface area contributed by atoms with E-state index in [0.29, 0.717) is 25.9 Å². The van der Waals surface area contributed by atoms with Gasteiger partial charge < -0.3 is 19.7 Å². The van der Waals surface area contributed by atoms with Crippen LogP contribution in [0, 0.1) is 13.8 Å². The summed E-state index contributed by atoms with van der Waals surface area (Å²) >= 11 is 2.86. The van der Waals surface area contributed by atoms with Gasteiger partial charge in [-0.25, -0.2) is 14.8 Å². The molecule has 7 rings (SSSR count). The zero-order chi connectivity index (χ0) is 30.5. The number of aryl methyl sites for hydroxylation is 2. The van der Waals surface area contributed by atoms with Crippen LogP contribution in [0.2, 0.25) is 0 Å². The average Bonchev–Trinajstić information content (AvgIpc) is 3.69. The lowest BCUT2D eigenvalue weighted by Crippen LogP contribution is -2.41. The second-order valence-electron chi connectivity index (χ2n) is 11.2. The number of likely N-dealkylation sites (tertiary alicyclic amines) is 1. The van der Waals surface area contributed by atoms with E-state index in [1.165, 1.54) is 11.3 Å². The maximum Gasteiger partial charge on any atom is 0.345 e. The molecule has 0 bridgehead atoms. The molecule has 2 aromatic carbocycles. The highest BCUT2D eigenvalue weighted by molar-refractivity contribution is 7.21. The molecule has 4 aromatic heterocycles. The normalized spacial score (nSPS) is 14.1. The monoisotopic (exact) mass is 622 g/mol. The lowest BCUT2D eigenvalue weighted by atomic mass is 9.99. The first-order valence-electron chi connectivity index (χ1n) is 14.5. The molecule has 0 saturated carbocycles. The number of aromatic carboxylic acids is 1. The number of fused-ring (bicyclic) bond motifs is 2. The fourth-order valence-electron chi connectivity index (χ4n) is 6.09. The maximum absolute atomic E-state index is 13.7. The molecule has 5 heterocycles. The number of amides is 1. The Morgan fingerprint density at radius 1 is 0.932 bits per heavy atom. The number of aliphatic hydroxyl groups excluding tert-OH is 1. The Hall–Kier alpha value is -4.38. The Morgan fingerprint density at radius 2 is 1.70 bits per heavy atom. The van der Waals surface area contributed by atoms with Crippen LogP contribution in [-0.4, -0.2) is 60.7 Å². The van der Waals surface area contributed by atoms with Gasteiger partial charge in [-0.2, -0.15) is 0 Å². The van der Waals surface area contributed by atoms with Gasteiger partial charge in [0.15, 0.2) is 0 Å². The van der Waals surface area contributed by atoms with Crippen LogP contribution in [0.3, 0.4) is 0 Å². The largest absolute Gasteiger partial charge is 0.477 e. The minimum Gasteiger partial charge on any atom is -0.477 e. The van der Waals surface area contributed by atoms with Crippen LogP contribution >= 0.6 is 22.7 Å². The molecule has 1 aliphatic heterocycles. The van der Waals surface area contributed by atoms with E-state index < -0.39 is 5.97 Å². The summed E-state index contributed by atoms with van der Waals surface area (Å²) < 4.78 is 2.80. The Kier molecular flexibility index (Phi) is 7.28. The van der Waals surface area contributed by atoms with Crippen molar-refractivity contribution >= 4 is 55.7 Å². The predicted octanol–water partition coefficient (Wildman–Crippen LogP) is 7.01. The van der Waals surface area contributed by atoms with Gasteiger partial charge in [0.2, 0.25) is 5.91 Å². The Labute approximate surface area is 261 Å². The first-order valence-corrected chi connectivity index (χ1v) is 16.2. The van der Waals surface area contributed by atoms with Crippen molar-refractivity contribution in [3.8, 4) is 33.0 Å². The Balaban J connectivity index is 1.41. The number of aromatic nitrogens is 3. The second-order valence-corrected chi connectivity index (χ2v) is 13.4. The Bertz CT molecular complexity index is 2050. The lowest BCUT2D eigenvalue weighted by molar-refractivity contribution is -0.133. The molecule has 0 spiro atoms. The molecule has 0 atom stereocenters. The summed E-state index contributed by atoms with van der Waals surface area (Å²) in [6.45, 7) is 5.05. The predicted molar refractivity (Wildman–Crippen MR) is 175 cm³/mol. The third-order valence-corrected chi connectivity index (χ3v) is 10.4. The van der Waals surface area contributed by atoms with Crippen molar-refractivity contribution in [1.82, 2.24) is 19.4 Å². The van der Waals surface area contributed by atoms with Crippen LogP contribution in [0.5, 0.6) is 0 Å².